The van der Waals surface area contributed by atoms with Crippen LogP contribution >= 0.6 is 0 Å². The summed E-state index contributed by atoms with van der Waals surface area (Å²) in [5, 5.41) is 0. The van der Waals surface area contributed by atoms with Gasteiger partial charge in [-0.1, -0.05) is 45.4 Å². The Morgan fingerprint density at radius 2 is 1.41 bits per heavy atom. The quantitative estimate of drug-likeness (QED) is 0.630. The van der Waals surface area contributed by atoms with E-state index in [9.17, 15) is 8.42 Å². The maximum atomic E-state index is 11.2. The van der Waals surface area contributed by atoms with Crippen molar-refractivity contribution in [2.75, 3.05) is 31.1 Å². The van der Waals surface area contributed by atoms with Gasteiger partial charge in [0.15, 0.2) is 9.84 Å². The highest BCUT2D eigenvalue weighted by Gasteiger charge is 2.20. The zero-order valence-electron chi connectivity index (χ0n) is 11.2. The van der Waals surface area contributed by atoms with Gasteiger partial charge in [0.05, 0.1) is 11.5 Å². The second kappa shape index (κ2) is 8.09. The van der Waals surface area contributed by atoms with Crippen molar-refractivity contribution in [3.05, 3.63) is 0 Å². The summed E-state index contributed by atoms with van der Waals surface area (Å²) in [7, 11) is -2.70. The first-order chi connectivity index (χ1) is 8.14. The van der Waals surface area contributed by atoms with Crippen molar-refractivity contribution in [1.82, 2.24) is 4.90 Å². The van der Waals surface area contributed by atoms with E-state index in [0.717, 1.165) is 19.6 Å². The summed E-state index contributed by atoms with van der Waals surface area (Å²) in [6.45, 7) is 4.82. The predicted molar refractivity (Wildman–Crippen MR) is 73.1 cm³/mol. The molecule has 3 nitrogen and oxygen atoms in total. The molecule has 102 valence electrons. The molecule has 0 aromatic heterocycles. The second-order valence-electron chi connectivity index (χ2n) is 5.11. The minimum atomic E-state index is -2.70. The van der Waals surface area contributed by atoms with Crippen molar-refractivity contribution in [1.29, 1.82) is 0 Å². The Bertz CT molecular complexity index is 274. The van der Waals surface area contributed by atoms with Gasteiger partial charge in [-0.25, -0.2) is 8.42 Å². The Morgan fingerprint density at radius 1 is 0.882 bits per heavy atom. The van der Waals surface area contributed by atoms with E-state index in [-0.39, 0.29) is 0 Å². The van der Waals surface area contributed by atoms with Crippen molar-refractivity contribution in [3.8, 4) is 0 Å². The summed E-state index contributed by atoms with van der Waals surface area (Å²) < 4.78 is 22.5. The van der Waals surface area contributed by atoms with E-state index < -0.39 is 9.84 Å². The van der Waals surface area contributed by atoms with E-state index in [4.69, 9.17) is 0 Å². The molecule has 0 spiro atoms. The van der Waals surface area contributed by atoms with Gasteiger partial charge in [-0.15, -0.1) is 0 Å². The minimum Gasteiger partial charge on any atom is -0.301 e. The maximum absolute atomic E-state index is 11.2. The first-order valence-corrected chi connectivity index (χ1v) is 8.89. The van der Waals surface area contributed by atoms with Crippen molar-refractivity contribution in [2.24, 2.45) is 0 Å². The Hall–Kier alpha value is -0.0900. The Morgan fingerprint density at radius 3 is 2.00 bits per heavy atom. The van der Waals surface area contributed by atoms with Crippen LogP contribution in [0.25, 0.3) is 0 Å². The molecule has 0 unspecified atom stereocenters. The molecule has 0 aromatic carbocycles. The van der Waals surface area contributed by atoms with Crippen LogP contribution in [-0.4, -0.2) is 44.5 Å². The average Bonchev–Trinajstić information content (AvgIpc) is 2.30. The Labute approximate surface area is 106 Å². The molecule has 1 heterocycles. The van der Waals surface area contributed by atoms with Gasteiger partial charge < -0.3 is 4.90 Å². The number of nitrogens with zero attached hydrogens (tertiary/aromatic N) is 1. The molecule has 1 fully saturated rings. The smallest absolute Gasteiger partial charge is 0.152 e. The third-order valence-electron chi connectivity index (χ3n) is 3.51. The number of rotatable bonds is 8. The molecule has 17 heavy (non-hydrogen) atoms. The number of unbranched alkanes of at least 4 members (excludes halogenated alkanes) is 6. The first kappa shape index (κ1) is 15.0. The summed E-state index contributed by atoms with van der Waals surface area (Å²) in [5.74, 6) is 0.729. The van der Waals surface area contributed by atoms with Gasteiger partial charge in [0.1, 0.15) is 0 Å². The zero-order valence-corrected chi connectivity index (χ0v) is 12.0. The molecule has 0 saturated carbocycles. The van der Waals surface area contributed by atoms with Gasteiger partial charge in [-0.05, 0) is 13.0 Å². The molecule has 1 aliphatic rings. The summed E-state index contributed by atoms with van der Waals surface area (Å²) in [6, 6.07) is 0. The van der Waals surface area contributed by atoms with Crippen molar-refractivity contribution in [3.63, 3.8) is 0 Å². The highest BCUT2D eigenvalue weighted by molar-refractivity contribution is 7.91. The highest BCUT2D eigenvalue weighted by atomic mass is 32.2. The van der Waals surface area contributed by atoms with Crippen molar-refractivity contribution in [2.45, 2.75) is 51.9 Å². The van der Waals surface area contributed by atoms with Gasteiger partial charge in [0.25, 0.3) is 0 Å². The molecule has 1 saturated heterocycles. The summed E-state index contributed by atoms with van der Waals surface area (Å²) in [5.41, 5.74) is 0. The molecule has 1 aliphatic heterocycles. The lowest BCUT2D eigenvalue weighted by Crippen LogP contribution is -2.40. The first-order valence-electron chi connectivity index (χ1n) is 7.07. The average molecular weight is 261 g/mol. The van der Waals surface area contributed by atoms with Gasteiger partial charge in [0.2, 0.25) is 0 Å². The van der Waals surface area contributed by atoms with Crippen LogP contribution in [0, 0.1) is 0 Å². The molecule has 0 N–H and O–H groups in total. The Kier molecular flexibility index (Phi) is 7.12. The van der Waals surface area contributed by atoms with Crippen LogP contribution in [0.2, 0.25) is 0 Å². The van der Waals surface area contributed by atoms with E-state index in [1.807, 2.05) is 0 Å². The number of hydrogen-bond acceptors (Lipinski definition) is 3. The molecular weight excluding hydrogens is 234 g/mol. The summed E-state index contributed by atoms with van der Waals surface area (Å²) in [6.07, 6.45) is 9.28. The summed E-state index contributed by atoms with van der Waals surface area (Å²) >= 11 is 0. The molecule has 0 bridgehead atoms. The van der Waals surface area contributed by atoms with Crippen molar-refractivity contribution >= 4 is 9.84 Å². The van der Waals surface area contributed by atoms with Crippen LogP contribution in [0.5, 0.6) is 0 Å². The van der Waals surface area contributed by atoms with Gasteiger partial charge in [-0.3, -0.25) is 0 Å². The monoisotopic (exact) mass is 261 g/mol. The number of sulfone groups is 1. The zero-order chi connectivity index (χ0) is 12.6. The molecule has 1 rings (SSSR count). The lowest BCUT2D eigenvalue weighted by molar-refractivity contribution is 0.287. The van der Waals surface area contributed by atoms with Crippen LogP contribution in [-0.2, 0) is 9.84 Å². The molecule has 0 aromatic rings. The van der Waals surface area contributed by atoms with Crippen LogP contribution in [0.15, 0.2) is 0 Å². The largest absolute Gasteiger partial charge is 0.301 e. The van der Waals surface area contributed by atoms with Crippen LogP contribution < -0.4 is 0 Å². The summed E-state index contributed by atoms with van der Waals surface area (Å²) in [4.78, 5) is 2.30. The van der Waals surface area contributed by atoms with Crippen LogP contribution in [0.4, 0.5) is 0 Å². The van der Waals surface area contributed by atoms with Gasteiger partial charge in [0, 0.05) is 13.1 Å². The van der Waals surface area contributed by atoms with E-state index >= 15 is 0 Å². The molecule has 0 amide bonds. The fourth-order valence-electron chi connectivity index (χ4n) is 2.27. The minimum absolute atomic E-state index is 0.365. The second-order valence-corrected chi connectivity index (χ2v) is 7.42. The number of hydrogen-bond donors (Lipinski definition) is 0. The van der Waals surface area contributed by atoms with Gasteiger partial charge >= 0.3 is 0 Å². The third-order valence-corrected chi connectivity index (χ3v) is 5.12. The SMILES string of the molecule is CCCCCCCCCN1CCS(=O)(=O)CC1. The fraction of sp³-hybridized carbons (Fsp3) is 1.00. The van der Waals surface area contributed by atoms with Crippen LogP contribution in [0.1, 0.15) is 51.9 Å². The Balaban J connectivity index is 1.94. The standard InChI is InChI=1S/C13H27NO2S/c1-2-3-4-5-6-7-8-9-14-10-12-17(15,16)13-11-14/h2-13H2,1H3. The van der Waals surface area contributed by atoms with E-state index in [1.54, 1.807) is 0 Å². The molecule has 4 heteroatoms. The fourth-order valence-corrected chi connectivity index (χ4v) is 3.54. The molecule has 0 atom stereocenters. The topological polar surface area (TPSA) is 37.4 Å². The van der Waals surface area contributed by atoms with E-state index in [2.05, 4.69) is 11.8 Å². The molecule has 0 radical (unpaired) electrons. The van der Waals surface area contributed by atoms with Crippen molar-refractivity contribution < 1.29 is 8.42 Å². The lowest BCUT2D eigenvalue weighted by atomic mass is 10.1. The molecule has 0 aliphatic carbocycles. The van der Waals surface area contributed by atoms with E-state index in [1.165, 1.54) is 44.9 Å². The van der Waals surface area contributed by atoms with Crippen LogP contribution in [0.3, 0.4) is 0 Å². The third kappa shape index (κ3) is 7.04. The van der Waals surface area contributed by atoms with E-state index in [0.29, 0.717) is 11.5 Å². The van der Waals surface area contributed by atoms with Gasteiger partial charge in [-0.2, -0.15) is 0 Å². The highest BCUT2D eigenvalue weighted by Crippen LogP contribution is 2.09. The normalized spacial score (nSPS) is 20.5. The lowest BCUT2D eigenvalue weighted by Gasteiger charge is -2.26. The molecular formula is C13H27NO2S. The maximum Gasteiger partial charge on any atom is 0.152 e. The predicted octanol–water partition coefficient (Wildman–Crippen LogP) is 2.47.